The molecule has 1 fully saturated rings. The number of aromatic nitrogens is 1. The van der Waals surface area contributed by atoms with E-state index in [0.29, 0.717) is 11.5 Å². The van der Waals surface area contributed by atoms with E-state index in [-0.39, 0.29) is 0 Å². The summed E-state index contributed by atoms with van der Waals surface area (Å²) in [5.74, 6) is 0.300. The highest BCUT2D eigenvalue weighted by Gasteiger charge is 2.15. The van der Waals surface area contributed by atoms with Crippen molar-refractivity contribution in [3.8, 4) is 11.1 Å². The van der Waals surface area contributed by atoms with Gasteiger partial charge in [-0.2, -0.15) is 4.39 Å². The Morgan fingerprint density at radius 3 is 2.37 bits per heavy atom. The van der Waals surface area contributed by atoms with Crippen LogP contribution in [-0.2, 0) is 0 Å². The van der Waals surface area contributed by atoms with Gasteiger partial charge in [0.25, 0.3) is 0 Å². The fourth-order valence-electron chi connectivity index (χ4n) is 2.97. The van der Waals surface area contributed by atoms with E-state index in [4.69, 9.17) is 0 Å². The number of halogens is 1. The Morgan fingerprint density at radius 1 is 0.947 bits per heavy atom. The molecule has 0 unspecified atom stereocenters. The molecule has 1 aromatic heterocycles. The Morgan fingerprint density at radius 2 is 1.68 bits per heavy atom. The van der Waals surface area contributed by atoms with Crippen LogP contribution >= 0.6 is 0 Å². The van der Waals surface area contributed by atoms with Gasteiger partial charge >= 0.3 is 0 Å². The summed E-state index contributed by atoms with van der Waals surface area (Å²) in [6.07, 6.45) is 8.11. The third-order valence-corrected chi connectivity index (χ3v) is 4.06. The second-order valence-corrected chi connectivity index (χ2v) is 5.30. The molecule has 0 amide bonds. The molecule has 0 atom stereocenters. The van der Waals surface area contributed by atoms with Crippen molar-refractivity contribution in [1.82, 2.24) is 4.98 Å². The molecular formula is C17H18FN. The highest BCUT2D eigenvalue weighted by atomic mass is 19.1. The maximum absolute atomic E-state index is 13.6. The average Bonchev–Trinajstić information content (AvgIpc) is 2.49. The molecule has 0 bridgehead atoms. The molecule has 0 spiro atoms. The zero-order valence-corrected chi connectivity index (χ0v) is 11.0. The Labute approximate surface area is 113 Å². The topological polar surface area (TPSA) is 12.9 Å². The van der Waals surface area contributed by atoms with E-state index in [2.05, 4.69) is 17.1 Å². The van der Waals surface area contributed by atoms with Crippen LogP contribution in [0.15, 0.2) is 42.6 Å². The van der Waals surface area contributed by atoms with Crippen molar-refractivity contribution in [2.75, 3.05) is 0 Å². The highest BCUT2D eigenvalue weighted by Crippen LogP contribution is 2.33. The molecular weight excluding hydrogens is 237 g/mol. The van der Waals surface area contributed by atoms with Crippen molar-refractivity contribution in [3.63, 3.8) is 0 Å². The Hall–Kier alpha value is -1.70. The van der Waals surface area contributed by atoms with Crippen LogP contribution in [0.25, 0.3) is 11.1 Å². The number of rotatable bonds is 2. The first-order chi connectivity index (χ1) is 9.34. The lowest BCUT2D eigenvalue weighted by atomic mass is 9.84. The minimum absolute atomic E-state index is 0.395. The first kappa shape index (κ1) is 12.3. The van der Waals surface area contributed by atoms with Gasteiger partial charge in [-0.05, 0) is 42.0 Å². The lowest BCUT2D eigenvalue weighted by Gasteiger charge is -2.22. The van der Waals surface area contributed by atoms with Gasteiger partial charge in [-0.1, -0.05) is 43.5 Å². The van der Waals surface area contributed by atoms with Crippen LogP contribution in [0.2, 0.25) is 0 Å². The maximum Gasteiger partial charge on any atom is 0.220 e. The third-order valence-electron chi connectivity index (χ3n) is 4.06. The highest BCUT2D eigenvalue weighted by molar-refractivity contribution is 5.63. The molecule has 2 aromatic rings. The molecule has 0 aliphatic heterocycles. The van der Waals surface area contributed by atoms with Crippen molar-refractivity contribution >= 4 is 0 Å². The molecule has 0 saturated heterocycles. The zero-order valence-electron chi connectivity index (χ0n) is 11.0. The normalized spacial score (nSPS) is 16.5. The lowest BCUT2D eigenvalue weighted by molar-refractivity contribution is 0.443. The third kappa shape index (κ3) is 2.67. The SMILES string of the molecule is Fc1ncccc1-c1ccc(C2CCCCC2)cc1. The van der Waals surface area contributed by atoms with Crippen LogP contribution in [0.4, 0.5) is 4.39 Å². The minimum atomic E-state index is -0.395. The van der Waals surface area contributed by atoms with Crippen LogP contribution < -0.4 is 0 Å². The molecule has 0 radical (unpaired) electrons. The van der Waals surface area contributed by atoms with Crippen molar-refractivity contribution in [2.45, 2.75) is 38.0 Å². The van der Waals surface area contributed by atoms with Gasteiger partial charge < -0.3 is 0 Å². The zero-order chi connectivity index (χ0) is 13.1. The fourth-order valence-corrected chi connectivity index (χ4v) is 2.97. The Bertz CT molecular complexity index is 541. The van der Waals surface area contributed by atoms with Crippen molar-refractivity contribution in [3.05, 3.63) is 54.1 Å². The summed E-state index contributed by atoms with van der Waals surface area (Å²) in [6, 6.07) is 11.9. The van der Waals surface area contributed by atoms with Gasteiger partial charge in [-0.25, -0.2) is 4.98 Å². The summed E-state index contributed by atoms with van der Waals surface area (Å²) >= 11 is 0. The van der Waals surface area contributed by atoms with Crippen LogP contribution in [0.1, 0.15) is 43.6 Å². The smallest absolute Gasteiger partial charge is 0.220 e. The molecule has 98 valence electrons. The van der Waals surface area contributed by atoms with Crippen LogP contribution in [0.5, 0.6) is 0 Å². The van der Waals surface area contributed by atoms with Gasteiger partial charge in [0.1, 0.15) is 0 Å². The molecule has 3 rings (SSSR count). The van der Waals surface area contributed by atoms with E-state index in [1.807, 2.05) is 12.1 Å². The molecule has 1 heterocycles. The van der Waals surface area contributed by atoms with E-state index >= 15 is 0 Å². The quantitative estimate of drug-likeness (QED) is 0.693. The number of hydrogen-bond acceptors (Lipinski definition) is 1. The predicted molar refractivity (Wildman–Crippen MR) is 75.5 cm³/mol. The molecule has 19 heavy (non-hydrogen) atoms. The monoisotopic (exact) mass is 255 g/mol. The predicted octanol–water partition coefficient (Wildman–Crippen LogP) is 4.94. The van der Waals surface area contributed by atoms with E-state index in [1.165, 1.54) is 43.9 Å². The molecule has 1 aliphatic carbocycles. The van der Waals surface area contributed by atoms with Crippen LogP contribution in [-0.4, -0.2) is 4.98 Å². The number of nitrogens with zero attached hydrogens (tertiary/aromatic N) is 1. The summed E-state index contributed by atoms with van der Waals surface area (Å²) in [7, 11) is 0. The molecule has 1 saturated carbocycles. The van der Waals surface area contributed by atoms with Gasteiger partial charge in [0, 0.05) is 11.8 Å². The Balaban J connectivity index is 1.84. The second-order valence-electron chi connectivity index (χ2n) is 5.30. The molecule has 1 nitrogen and oxygen atoms in total. The average molecular weight is 255 g/mol. The Kier molecular flexibility index (Phi) is 3.58. The van der Waals surface area contributed by atoms with Crippen molar-refractivity contribution < 1.29 is 4.39 Å². The second kappa shape index (κ2) is 5.52. The molecule has 0 N–H and O–H groups in total. The van der Waals surface area contributed by atoms with Crippen LogP contribution in [0, 0.1) is 5.95 Å². The fraction of sp³-hybridized carbons (Fsp3) is 0.353. The largest absolute Gasteiger partial charge is 0.228 e. The summed E-state index contributed by atoms with van der Waals surface area (Å²) in [4.78, 5) is 3.70. The first-order valence-electron chi connectivity index (χ1n) is 7.05. The van der Waals surface area contributed by atoms with Gasteiger partial charge in [0.2, 0.25) is 5.95 Å². The summed E-state index contributed by atoms with van der Waals surface area (Å²) in [5, 5.41) is 0. The lowest BCUT2D eigenvalue weighted by Crippen LogP contribution is -2.04. The first-order valence-corrected chi connectivity index (χ1v) is 7.05. The van der Waals surface area contributed by atoms with Crippen LogP contribution in [0.3, 0.4) is 0 Å². The van der Waals surface area contributed by atoms with Gasteiger partial charge in [0.05, 0.1) is 0 Å². The minimum Gasteiger partial charge on any atom is -0.228 e. The van der Waals surface area contributed by atoms with E-state index in [1.54, 1.807) is 12.1 Å². The number of benzene rings is 1. The van der Waals surface area contributed by atoms with E-state index < -0.39 is 5.95 Å². The molecule has 1 aliphatic rings. The van der Waals surface area contributed by atoms with Gasteiger partial charge in [0.15, 0.2) is 0 Å². The van der Waals surface area contributed by atoms with Crippen molar-refractivity contribution in [1.29, 1.82) is 0 Å². The van der Waals surface area contributed by atoms with E-state index in [0.717, 1.165) is 5.56 Å². The van der Waals surface area contributed by atoms with Gasteiger partial charge in [-0.15, -0.1) is 0 Å². The van der Waals surface area contributed by atoms with Crippen molar-refractivity contribution in [2.24, 2.45) is 0 Å². The number of hydrogen-bond donors (Lipinski definition) is 0. The summed E-state index contributed by atoms with van der Waals surface area (Å²) < 4.78 is 13.6. The summed E-state index contributed by atoms with van der Waals surface area (Å²) in [6.45, 7) is 0. The standard InChI is InChI=1S/C17H18FN/c18-17-16(7-4-12-19-17)15-10-8-14(9-11-15)13-5-2-1-3-6-13/h4,7-13H,1-3,5-6H2. The summed E-state index contributed by atoms with van der Waals surface area (Å²) in [5.41, 5.74) is 2.88. The van der Waals surface area contributed by atoms with E-state index in [9.17, 15) is 4.39 Å². The molecule has 2 heteroatoms. The molecule has 1 aromatic carbocycles. The van der Waals surface area contributed by atoms with Gasteiger partial charge in [-0.3, -0.25) is 0 Å². The number of pyridine rings is 1. The maximum atomic E-state index is 13.6.